The average Bonchev–Trinajstić information content (AvgIpc) is 3.53. The van der Waals surface area contributed by atoms with Gasteiger partial charge in [0.15, 0.2) is 0 Å². The van der Waals surface area contributed by atoms with E-state index in [0.29, 0.717) is 38.9 Å². The van der Waals surface area contributed by atoms with Gasteiger partial charge >= 0.3 is 12.1 Å². The Morgan fingerprint density at radius 1 is 1.12 bits per heavy atom. The van der Waals surface area contributed by atoms with Crippen LogP contribution in [0.2, 0.25) is 5.02 Å². The number of carbonyl (C=O) groups is 4. The van der Waals surface area contributed by atoms with Gasteiger partial charge in [-0.3, -0.25) is 14.5 Å². The van der Waals surface area contributed by atoms with Gasteiger partial charge in [0.25, 0.3) is 5.91 Å². The summed E-state index contributed by atoms with van der Waals surface area (Å²) in [5.74, 6) is 1.09. The molecule has 2 heterocycles. The van der Waals surface area contributed by atoms with Gasteiger partial charge in [-0.2, -0.15) is 0 Å². The molecule has 0 unspecified atom stereocenters. The maximum Gasteiger partial charge on any atom is 0.408 e. The van der Waals surface area contributed by atoms with E-state index in [1.54, 1.807) is 20.8 Å². The fraction of sp³-hybridized carbons (Fsp3) is 0.528. The van der Waals surface area contributed by atoms with Crippen LogP contribution in [0.15, 0.2) is 35.2 Å². The second kappa shape index (κ2) is 14.5. The number of nitrogens with two attached hydrogens (primary N) is 1. The third-order valence-corrected chi connectivity index (χ3v) is 11.5. The molecule has 262 valence electrons. The number of benzene rings is 1. The molecule has 7 rings (SSSR count). The van der Waals surface area contributed by atoms with Gasteiger partial charge in [-0.05, 0) is 125 Å². The first-order chi connectivity index (χ1) is 23.2. The van der Waals surface area contributed by atoms with Crippen LogP contribution >= 0.6 is 35.6 Å². The number of thiocarbonyl (C=S) groups is 1. The van der Waals surface area contributed by atoms with Crippen molar-refractivity contribution in [1.82, 2.24) is 15.2 Å². The van der Waals surface area contributed by atoms with Crippen molar-refractivity contribution in [2.45, 2.75) is 89.8 Å². The molecule has 5 aliphatic rings. The summed E-state index contributed by atoms with van der Waals surface area (Å²) in [5.41, 5.74) is 8.02. The zero-order chi connectivity index (χ0) is 35.0. The summed E-state index contributed by atoms with van der Waals surface area (Å²) in [6, 6.07) is 8.42. The Balaban J connectivity index is 1.16. The van der Waals surface area contributed by atoms with Crippen molar-refractivity contribution in [2.24, 2.45) is 29.4 Å². The van der Waals surface area contributed by atoms with E-state index in [2.05, 4.69) is 10.3 Å². The quantitative estimate of drug-likeness (QED) is 0.102. The molecule has 5 fully saturated rings. The molecule has 49 heavy (non-hydrogen) atoms. The molecular weight excluding hydrogens is 684 g/mol. The normalized spacial score (nSPS) is 25.9. The van der Waals surface area contributed by atoms with Gasteiger partial charge in [0.05, 0.1) is 17.9 Å². The SMILES string of the molecule is CC(C)(C)OC(=O)N[C@@H](CC(N)=O)C(=O)OCCCc1cc(-c2ccc(Cl)cc2)[nH]c1/C=C1\SC(=S)N(C2C3CC4CC(C3)CC2C4)C1=O. The molecule has 10 nitrogen and oxygen atoms in total. The van der Waals surface area contributed by atoms with Gasteiger partial charge in [0, 0.05) is 22.5 Å². The number of alkyl carbamates (subject to hydrolysis) is 1. The van der Waals surface area contributed by atoms with E-state index in [4.69, 9.17) is 39.0 Å². The Morgan fingerprint density at radius 3 is 2.39 bits per heavy atom. The standard InChI is InChI=1S/C36H43ClN4O6S2/c1-36(2,3)47-34(45)40-28(18-30(38)42)33(44)46-10-4-5-22-16-26(21-6-8-25(37)9-7-21)39-27(22)17-29-32(43)41(35(48)49-29)31-23-12-19-11-20(14-23)15-24(31)13-19/h6-9,16-17,19-20,23-24,28,31,39H,4-5,10-15,18H2,1-3H3,(H2,38,42)(H,40,45)/b29-17-/t19?,20?,23?,24?,28-,31?/m0/s1. The van der Waals surface area contributed by atoms with E-state index >= 15 is 0 Å². The first-order valence-corrected chi connectivity index (χ1v) is 18.5. The molecule has 1 aromatic carbocycles. The number of ether oxygens (including phenoxy) is 2. The number of aryl methyl sites for hydroxylation is 1. The number of esters is 1. The minimum Gasteiger partial charge on any atom is -0.464 e. The third kappa shape index (κ3) is 8.35. The summed E-state index contributed by atoms with van der Waals surface area (Å²) in [4.78, 5) is 56.7. The minimum absolute atomic E-state index is 0.0204. The van der Waals surface area contributed by atoms with Crippen molar-refractivity contribution in [2.75, 3.05) is 6.61 Å². The highest BCUT2D eigenvalue weighted by molar-refractivity contribution is 8.26. The van der Waals surface area contributed by atoms with E-state index in [9.17, 15) is 19.2 Å². The molecule has 13 heteroatoms. The number of aromatic amines is 1. The monoisotopic (exact) mass is 726 g/mol. The maximum absolute atomic E-state index is 14.0. The van der Waals surface area contributed by atoms with Crippen molar-refractivity contribution in [1.29, 1.82) is 0 Å². The van der Waals surface area contributed by atoms with E-state index in [-0.39, 0.29) is 18.6 Å². The number of thioether (sulfide) groups is 1. The zero-order valence-electron chi connectivity index (χ0n) is 28.0. The highest BCUT2D eigenvalue weighted by Gasteiger charge is 2.53. The predicted octanol–water partition coefficient (Wildman–Crippen LogP) is 6.61. The van der Waals surface area contributed by atoms with Crippen molar-refractivity contribution >= 4 is 69.9 Å². The molecule has 4 aliphatic carbocycles. The number of nitrogens with zero attached hydrogens (tertiary/aromatic N) is 1. The number of halogens is 1. The number of hydrogen-bond donors (Lipinski definition) is 3. The van der Waals surface area contributed by atoms with Crippen LogP contribution in [0.3, 0.4) is 0 Å². The predicted molar refractivity (Wildman–Crippen MR) is 193 cm³/mol. The Labute approximate surface area is 301 Å². The van der Waals surface area contributed by atoms with Crippen LogP contribution in [-0.2, 0) is 30.3 Å². The number of carbonyl (C=O) groups excluding carboxylic acids is 4. The minimum atomic E-state index is -1.27. The largest absolute Gasteiger partial charge is 0.464 e. The lowest BCUT2D eigenvalue weighted by Crippen LogP contribution is -2.57. The topological polar surface area (TPSA) is 144 Å². The summed E-state index contributed by atoms with van der Waals surface area (Å²) < 4.78 is 11.3. The Hall–Kier alpha value is -3.35. The third-order valence-electron chi connectivity index (χ3n) is 9.88. The lowest BCUT2D eigenvalue weighted by atomic mass is 9.54. The van der Waals surface area contributed by atoms with E-state index in [1.807, 2.05) is 41.3 Å². The van der Waals surface area contributed by atoms with Crippen molar-refractivity contribution in [3.05, 3.63) is 51.5 Å². The van der Waals surface area contributed by atoms with Crippen molar-refractivity contribution < 1.29 is 28.7 Å². The fourth-order valence-corrected chi connectivity index (χ4v) is 9.65. The highest BCUT2D eigenvalue weighted by Crippen LogP contribution is 2.56. The molecule has 0 spiro atoms. The van der Waals surface area contributed by atoms with Gasteiger partial charge in [0.2, 0.25) is 5.91 Å². The van der Waals surface area contributed by atoms with Crippen LogP contribution in [0, 0.1) is 23.7 Å². The molecule has 1 aliphatic heterocycles. The number of primary amides is 1. The summed E-state index contributed by atoms with van der Waals surface area (Å²) in [6.45, 7) is 5.09. The van der Waals surface area contributed by atoms with Crippen LogP contribution in [0.5, 0.6) is 0 Å². The molecule has 4 bridgehead atoms. The average molecular weight is 727 g/mol. The second-order valence-corrected chi connectivity index (χ2v) is 16.9. The maximum atomic E-state index is 14.0. The number of H-pyrrole nitrogens is 1. The van der Waals surface area contributed by atoms with Gasteiger partial charge < -0.3 is 25.5 Å². The van der Waals surface area contributed by atoms with Crippen molar-refractivity contribution in [3.8, 4) is 11.3 Å². The number of amides is 3. The van der Waals surface area contributed by atoms with Gasteiger partial charge in [-0.25, -0.2) is 9.59 Å². The van der Waals surface area contributed by atoms with E-state index < -0.39 is 36.0 Å². The van der Waals surface area contributed by atoms with E-state index in [0.717, 1.165) is 34.4 Å². The molecular formula is C36H43ClN4O6S2. The molecule has 4 saturated carbocycles. The molecule has 2 aromatic rings. The van der Waals surface area contributed by atoms with Crippen LogP contribution < -0.4 is 11.1 Å². The molecule has 1 saturated heterocycles. The fourth-order valence-electron chi connectivity index (χ4n) is 8.20. The lowest BCUT2D eigenvalue weighted by Gasteiger charge is -2.56. The summed E-state index contributed by atoms with van der Waals surface area (Å²) >= 11 is 13.3. The molecule has 4 N–H and O–H groups in total. The smallest absolute Gasteiger partial charge is 0.408 e. The summed E-state index contributed by atoms with van der Waals surface area (Å²) in [7, 11) is 0. The number of nitrogens with one attached hydrogen (secondary N) is 2. The second-order valence-electron chi connectivity index (χ2n) is 14.7. The Bertz CT molecular complexity index is 1640. The van der Waals surface area contributed by atoms with Gasteiger partial charge in [-0.15, -0.1) is 0 Å². The van der Waals surface area contributed by atoms with Crippen LogP contribution in [0.1, 0.15) is 77.0 Å². The number of rotatable bonds is 11. The van der Waals surface area contributed by atoms with Crippen LogP contribution in [0.25, 0.3) is 17.3 Å². The molecule has 1 atom stereocenters. The van der Waals surface area contributed by atoms with E-state index in [1.165, 1.54) is 43.9 Å². The summed E-state index contributed by atoms with van der Waals surface area (Å²) in [5, 5.41) is 3.01. The van der Waals surface area contributed by atoms with Crippen molar-refractivity contribution in [3.63, 3.8) is 0 Å². The van der Waals surface area contributed by atoms with Gasteiger partial charge in [0.1, 0.15) is 16.0 Å². The molecule has 1 aromatic heterocycles. The Morgan fingerprint density at radius 2 is 1.78 bits per heavy atom. The first-order valence-electron chi connectivity index (χ1n) is 16.9. The molecule has 0 radical (unpaired) electrons. The van der Waals surface area contributed by atoms with Crippen LogP contribution in [-0.4, -0.2) is 62.4 Å². The lowest BCUT2D eigenvalue weighted by molar-refractivity contribution is -0.147. The molecule has 3 amide bonds. The zero-order valence-corrected chi connectivity index (χ0v) is 30.3. The first kappa shape index (κ1) is 35.5. The van der Waals surface area contributed by atoms with Crippen LogP contribution in [0.4, 0.5) is 4.79 Å². The highest BCUT2D eigenvalue weighted by atomic mass is 35.5. The summed E-state index contributed by atoms with van der Waals surface area (Å²) in [6.07, 6.45) is 7.71. The number of hydrogen-bond acceptors (Lipinski definition) is 8. The number of aromatic nitrogens is 1. The Kier molecular flexibility index (Phi) is 10.5. The van der Waals surface area contributed by atoms with Gasteiger partial charge in [-0.1, -0.05) is 47.7 Å².